The Hall–Kier alpha value is -1.31. The van der Waals surface area contributed by atoms with E-state index in [0.717, 1.165) is 0 Å². The van der Waals surface area contributed by atoms with Crippen LogP contribution in [-0.2, 0) is 14.6 Å². The van der Waals surface area contributed by atoms with Gasteiger partial charge in [-0.1, -0.05) is 19.0 Å². The number of nitrogens with two attached hydrogens (primary N) is 1. The lowest BCUT2D eigenvalue weighted by Gasteiger charge is -2.36. The second-order valence-electron chi connectivity index (χ2n) is 5.24. The van der Waals surface area contributed by atoms with Crippen LogP contribution in [0.5, 0.6) is 0 Å². The van der Waals surface area contributed by atoms with E-state index >= 15 is 0 Å². The molecule has 2 unspecified atom stereocenters. The Morgan fingerprint density at radius 1 is 1.47 bits per heavy atom. The van der Waals surface area contributed by atoms with Crippen molar-refractivity contribution in [3.63, 3.8) is 0 Å². The summed E-state index contributed by atoms with van der Waals surface area (Å²) in [6.45, 7) is 5.44. The molecule has 1 rings (SSSR count). The first-order valence-corrected chi connectivity index (χ1v) is 8.00. The number of sulfone groups is 1. The fourth-order valence-electron chi connectivity index (χ4n) is 2.32. The third-order valence-corrected chi connectivity index (χ3v) is 5.12. The van der Waals surface area contributed by atoms with Gasteiger partial charge in [-0.3, -0.25) is 4.79 Å². The highest BCUT2D eigenvalue weighted by molar-refractivity contribution is 7.91. The monoisotopic (exact) mass is 291 g/mol. The lowest BCUT2D eigenvalue weighted by atomic mass is 9.92. The molecule has 1 aliphatic heterocycles. The molecular weight excluding hydrogens is 270 g/mol. The van der Waals surface area contributed by atoms with E-state index in [1.54, 1.807) is 20.8 Å². The summed E-state index contributed by atoms with van der Waals surface area (Å²) in [7, 11) is -3.07. The van der Waals surface area contributed by atoms with Gasteiger partial charge < -0.3 is 15.8 Å². The summed E-state index contributed by atoms with van der Waals surface area (Å²) in [4.78, 5) is 13.9. The maximum Gasteiger partial charge on any atom is 0.233 e. The standard InChI is InChI=1S/C11H21N3O4S/c1-7(2)9(10(12)13-16)11(15)14-4-5-19(17,18)6-8(14)3/h7-9,16H,4-6H2,1-3H3,(H2,12,13). The van der Waals surface area contributed by atoms with Crippen LogP contribution in [0.4, 0.5) is 0 Å². The molecule has 0 aromatic heterocycles. The van der Waals surface area contributed by atoms with Crippen LogP contribution >= 0.6 is 0 Å². The molecule has 19 heavy (non-hydrogen) atoms. The van der Waals surface area contributed by atoms with Crippen molar-refractivity contribution in [2.24, 2.45) is 22.7 Å². The fraction of sp³-hybridized carbons (Fsp3) is 0.818. The number of hydrogen-bond donors (Lipinski definition) is 2. The molecule has 1 heterocycles. The molecule has 0 aromatic rings. The zero-order chi connectivity index (χ0) is 14.8. The average Bonchev–Trinajstić information content (AvgIpc) is 2.26. The maximum absolute atomic E-state index is 12.4. The van der Waals surface area contributed by atoms with Crippen molar-refractivity contribution < 1.29 is 18.4 Å². The fourth-order valence-corrected chi connectivity index (χ4v) is 3.88. The number of rotatable bonds is 3. The highest BCUT2D eigenvalue weighted by Gasteiger charge is 2.37. The van der Waals surface area contributed by atoms with Crippen molar-refractivity contribution in [1.29, 1.82) is 0 Å². The van der Waals surface area contributed by atoms with E-state index in [1.165, 1.54) is 4.90 Å². The van der Waals surface area contributed by atoms with E-state index in [4.69, 9.17) is 10.9 Å². The van der Waals surface area contributed by atoms with Crippen molar-refractivity contribution in [1.82, 2.24) is 4.90 Å². The molecule has 1 aliphatic rings. The van der Waals surface area contributed by atoms with Gasteiger partial charge in [0.15, 0.2) is 15.7 Å². The molecule has 1 amide bonds. The lowest BCUT2D eigenvalue weighted by Crippen LogP contribution is -2.54. The first-order valence-electron chi connectivity index (χ1n) is 6.18. The summed E-state index contributed by atoms with van der Waals surface area (Å²) in [5.41, 5.74) is 5.56. The topological polar surface area (TPSA) is 113 Å². The summed E-state index contributed by atoms with van der Waals surface area (Å²) >= 11 is 0. The molecule has 7 nitrogen and oxygen atoms in total. The minimum Gasteiger partial charge on any atom is -0.409 e. The average molecular weight is 291 g/mol. The number of oxime groups is 1. The Balaban J connectivity index is 2.93. The number of nitrogens with zero attached hydrogens (tertiary/aromatic N) is 2. The number of amidine groups is 1. The molecular formula is C11H21N3O4S. The zero-order valence-corrected chi connectivity index (χ0v) is 12.2. The summed E-state index contributed by atoms with van der Waals surface area (Å²) in [6.07, 6.45) is 0. The van der Waals surface area contributed by atoms with E-state index in [0.29, 0.717) is 0 Å². The van der Waals surface area contributed by atoms with E-state index in [-0.39, 0.29) is 41.8 Å². The Morgan fingerprint density at radius 3 is 2.47 bits per heavy atom. The van der Waals surface area contributed by atoms with Gasteiger partial charge in [0.05, 0.1) is 11.5 Å². The maximum atomic E-state index is 12.4. The van der Waals surface area contributed by atoms with Gasteiger partial charge in [-0.25, -0.2) is 8.42 Å². The molecule has 0 aromatic carbocycles. The number of hydrogen-bond acceptors (Lipinski definition) is 5. The van der Waals surface area contributed by atoms with Gasteiger partial charge in [-0.2, -0.15) is 0 Å². The largest absolute Gasteiger partial charge is 0.409 e. The van der Waals surface area contributed by atoms with Gasteiger partial charge >= 0.3 is 0 Å². The van der Waals surface area contributed by atoms with E-state index < -0.39 is 15.8 Å². The van der Waals surface area contributed by atoms with Gasteiger partial charge in [0.1, 0.15) is 5.92 Å². The minimum absolute atomic E-state index is 0.0376. The Labute approximate surface area is 113 Å². The molecule has 1 saturated heterocycles. The summed E-state index contributed by atoms with van der Waals surface area (Å²) in [5, 5.41) is 11.7. The third kappa shape index (κ3) is 3.59. The molecule has 0 spiro atoms. The summed E-state index contributed by atoms with van der Waals surface area (Å²) in [5.74, 6) is -1.36. The molecule has 110 valence electrons. The molecule has 0 saturated carbocycles. The highest BCUT2D eigenvalue weighted by Crippen LogP contribution is 2.20. The van der Waals surface area contributed by atoms with Crippen LogP contribution in [0.2, 0.25) is 0 Å². The van der Waals surface area contributed by atoms with E-state index in [9.17, 15) is 13.2 Å². The highest BCUT2D eigenvalue weighted by atomic mass is 32.2. The predicted octanol–water partition coefficient (Wildman–Crippen LogP) is -0.349. The van der Waals surface area contributed by atoms with Crippen molar-refractivity contribution in [3.8, 4) is 0 Å². The SMILES string of the molecule is CC(C)C(C(=O)N1CCS(=O)(=O)CC1C)C(N)=NO. The van der Waals surface area contributed by atoms with Crippen molar-refractivity contribution in [2.45, 2.75) is 26.8 Å². The Bertz CT molecular complexity index is 472. The number of carbonyl (C=O) groups is 1. The summed E-state index contributed by atoms with van der Waals surface area (Å²) < 4.78 is 23.0. The predicted molar refractivity (Wildman–Crippen MR) is 71.6 cm³/mol. The molecule has 0 bridgehead atoms. The molecule has 8 heteroatoms. The van der Waals surface area contributed by atoms with Crippen LogP contribution in [0.1, 0.15) is 20.8 Å². The molecule has 0 aliphatic carbocycles. The second-order valence-corrected chi connectivity index (χ2v) is 7.47. The minimum atomic E-state index is -3.07. The zero-order valence-electron chi connectivity index (χ0n) is 11.4. The van der Waals surface area contributed by atoms with Crippen molar-refractivity contribution in [3.05, 3.63) is 0 Å². The van der Waals surface area contributed by atoms with Crippen LogP contribution in [0, 0.1) is 11.8 Å². The Morgan fingerprint density at radius 2 is 2.05 bits per heavy atom. The summed E-state index contributed by atoms with van der Waals surface area (Å²) in [6, 6.07) is -0.390. The van der Waals surface area contributed by atoms with Gasteiger partial charge in [0, 0.05) is 12.6 Å². The van der Waals surface area contributed by atoms with Gasteiger partial charge in [0.25, 0.3) is 0 Å². The van der Waals surface area contributed by atoms with Gasteiger partial charge in [-0.05, 0) is 12.8 Å². The number of carbonyl (C=O) groups excluding carboxylic acids is 1. The van der Waals surface area contributed by atoms with Crippen LogP contribution in [0.25, 0.3) is 0 Å². The smallest absolute Gasteiger partial charge is 0.233 e. The van der Waals surface area contributed by atoms with Crippen LogP contribution < -0.4 is 5.73 Å². The van der Waals surface area contributed by atoms with Gasteiger partial charge in [0.2, 0.25) is 5.91 Å². The van der Waals surface area contributed by atoms with Crippen LogP contribution in [0.3, 0.4) is 0 Å². The molecule has 3 N–H and O–H groups in total. The molecule has 2 atom stereocenters. The molecule has 1 fully saturated rings. The lowest BCUT2D eigenvalue weighted by molar-refractivity contribution is -0.136. The van der Waals surface area contributed by atoms with Gasteiger partial charge in [-0.15, -0.1) is 0 Å². The first-order chi connectivity index (χ1) is 8.69. The first kappa shape index (κ1) is 15.7. The van der Waals surface area contributed by atoms with Crippen molar-refractivity contribution >= 4 is 21.6 Å². The second kappa shape index (κ2) is 5.77. The van der Waals surface area contributed by atoms with E-state index in [1.807, 2.05) is 0 Å². The van der Waals surface area contributed by atoms with Crippen molar-refractivity contribution in [2.75, 3.05) is 18.1 Å². The normalized spacial score (nSPS) is 25.4. The van der Waals surface area contributed by atoms with Crippen LogP contribution in [0.15, 0.2) is 5.16 Å². The number of amides is 1. The Kier molecular flexibility index (Phi) is 4.78. The molecule has 0 radical (unpaired) electrons. The quantitative estimate of drug-likeness (QED) is 0.319. The third-order valence-electron chi connectivity index (χ3n) is 3.32. The van der Waals surface area contributed by atoms with Crippen LogP contribution in [-0.4, -0.2) is 54.4 Å². The van der Waals surface area contributed by atoms with E-state index in [2.05, 4.69) is 5.16 Å².